The summed E-state index contributed by atoms with van der Waals surface area (Å²) in [7, 11) is 0. The number of ether oxygens (including phenoxy) is 3. The molecule has 148 valence electrons. The van der Waals surface area contributed by atoms with Crippen LogP contribution >= 0.6 is 0 Å². The van der Waals surface area contributed by atoms with Crippen molar-refractivity contribution in [2.24, 2.45) is 0 Å². The number of hydrogen-bond acceptors (Lipinski definition) is 4. The van der Waals surface area contributed by atoms with E-state index in [1.165, 1.54) is 19.3 Å². The molecular weight excluding hydrogens is 340 g/mol. The summed E-state index contributed by atoms with van der Waals surface area (Å²) in [6, 6.07) is 9.77. The van der Waals surface area contributed by atoms with Crippen molar-refractivity contribution in [3.8, 4) is 11.8 Å². The second kappa shape index (κ2) is 10.6. The van der Waals surface area contributed by atoms with E-state index in [4.69, 9.17) is 14.2 Å². The summed E-state index contributed by atoms with van der Waals surface area (Å²) in [5.41, 5.74) is -0.323. The molecule has 4 nitrogen and oxygen atoms in total. The predicted octanol–water partition coefficient (Wildman–Crippen LogP) is 4.66. The summed E-state index contributed by atoms with van der Waals surface area (Å²) in [4.78, 5) is 12.1. The second-order valence-electron chi connectivity index (χ2n) is 7.47. The van der Waals surface area contributed by atoms with Gasteiger partial charge in [-0.3, -0.25) is 4.79 Å². The Balaban J connectivity index is 2.06. The largest absolute Gasteiger partial charge is 0.348 e. The van der Waals surface area contributed by atoms with E-state index in [0.29, 0.717) is 6.61 Å². The van der Waals surface area contributed by atoms with Crippen LogP contribution < -0.4 is 0 Å². The van der Waals surface area contributed by atoms with Crippen molar-refractivity contribution in [1.82, 2.24) is 0 Å². The zero-order valence-corrected chi connectivity index (χ0v) is 16.8. The third kappa shape index (κ3) is 6.77. The standard InChI is InChI=1S/C23H32O4/c1-4-5-6-7-8-9-13-16-23(19-24,21-18-25-22(2,3)27-21)26-17-20-14-11-10-12-15-20/h10-12,14-15,19,21H,4-9,17-18H2,1-3H3/t21-,23-/m0/s1. The Hall–Kier alpha value is -1.67. The van der Waals surface area contributed by atoms with Gasteiger partial charge < -0.3 is 14.2 Å². The topological polar surface area (TPSA) is 44.8 Å². The molecule has 4 heteroatoms. The van der Waals surface area contributed by atoms with E-state index in [-0.39, 0.29) is 6.61 Å². The minimum Gasteiger partial charge on any atom is -0.348 e. The first-order chi connectivity index (χ1) is 13.0. The van der Waals surface area contributed by atoms with Crippen LogP contribution in [0.15, 0.2) is 30.3 Å². The number of carbonyl (C=O) groups is 1. The van der Waals surface area contributed by atoms with Gasteiger partial charge in [-0.25, -0.2) is 0 Å². The Labute approximate surface area is 163 Å². The van der Waals surface area contributed by atoms with Crippen molar-refractivity contribution < 1.29 is 19.0 Å². The number of hydrogen-bond donors (Lipinski definition) is 0. The fourth-order valence-corrected chi connectivity index (χ4v) is 3.04. The number of benzene rings is 1. The Kier molecular flexibility index (Phi) is 8.50. The Bertz CT molecular complexity index is 629. The maximum absolute atomic E-state index is 12.1. The Morgan fingerprint density at radius 2 is 1.96 bits per heavy atom. The third-order valence-corrected chi connectivity index (χ3v) is 4.67. The molecule has 0 unspecified atom stereocenters. The second-order valence-corrected chi connectivity index (χ2v) is 7.47. The van der Waals surface area contributed by atoms with E-state index < -0.39 is 17.5 Å². The third-order valence-electron chi connectivity index (χ3n) is 4.67. The van der Waals surface area contributed by atoms with Crippen LogP contribution in [0.2, 0.25) is 0 Å². The van der Waals surface area contributed by atoms with Gasteiger partial charge in [0.1, 0.15) is 6.10 Å². The monoisotopic (exact) mass is 372 g/mol. The zero-order valence-electron chi connectivity index (χ0n) is 16.8. The molecule has 0 radical (unpaired) electrons. The summed E-state index contributed by atoms with van der Waals surface area (Å²) in [5, 5.41) is 0. The number of aldehydes is 1. The van der Waals surface area contributed by atoms with Crippen molar-refractivity contribution in [3.63, 3.8) is 0 Å². The van der Waals surface area contributed by atoms with E-state index >= 15 is 0 Å². The highest BCUT2D eigenvalue weighted by molar-refractivity contribution is 5.70. The molecule has 2 rings (SSSR count). The van der Waals surface area contributed by atoms with E-state index in [1.807, 2.05) is 44.2 Å². The maximum Gasteiger partial charge on any atom is 0.212 e. The van der Waals surface area contributed by atoms with Gasteiger partial charge >= 0.3 is 0 Å². The number of carbonyl (C=O) groups excluding carboxylic acids is 1. The molecule has 0 spiro atoms. The molecule has 1 fully saturated rings. The van der Waals surface area contributed by atoms with Gasteiger partial charge in [0.2, 0.25) is 5.60 Å². The van der Waals surface area contributed by atoms with Gasteiger partial charge in [-0.15, -0.1) is 0 Å². The number of unbranched alkanes of at least 4 members (excludes halogenated alkanes) is 5. The molecule has 1 heterocycles. The summed E-state index contributed by atoms with van der Waals surface area (Å²) in [5.74, 6) is 5.49. The van der Waals surface area contributed by atoms with Crippen LogP contribution in [0.3, 0.4) is 0 Å². The minimum atomic E-state index is -1.31. The molecule has 0 amide bonds. The zero-order chi connectivity index (χ0) is 19.6. The molecule has 0 aromatic heterocycles. The lowest BCUT2D eigenvalue weighted by Crippen LogP contribution is -2.47. The lowest BCUT2D eigenvalue weighted by Gasteiger charge is -2.29. The fraction of sp³-hybridized carbons (Fsp3) is 0.609. The molecule has 0 saturated carbocycles. The van der Waals surface area contributed by atoms with Gasteiger partial charge in [0.15, 0.2) is 12.1 Å². The van der Waals surface area contributed by atoms with Gasteiger partial charge in [-0.05, 0) is 25.8 Å². The van der Waals surface area contributed by atoms with Crippen molar-refractivity contribution in [3.05, 3.63) is 35.9 Å². The van der Waals surface area contributed by atoms with Crippen LogP contribution in [0.5, 0.6) is 0 Å². The van der Waals surface area contributed by atoms with Gasteiger partial charge in [0.05, 0.1) is 13.2 Å². The molecule has 1 saturated heterocycles. The van der Waals surface area contributed by atoms with E-state index in [1.54, 1.807) is 0 Å². The SMILES string of the molecule is CCCCCCCC#C[C@@](C=O)(OCc1ccccc1)[C@@H]1COC(C)(C)O1. The van der Waals surface area contributed by atoms with Crippen molar-refractivity contribution in [2.75, 3.05) is 6.61 Å². The van der Waals surface area contributed by atoms with Crippen molar-refractivity contribution in [1.29, 1.82) is 0 Å². The average molecular weight is 373 g/mol. The van der Waals surface area contributed by atoms with E-state index in [2.05, 4.69) is 18.8 Å². The van der Waals surface area contributed by atoms with E-state index in [9.17, 15) is 4.79 Å². The first-order valence-corrected chi connectivity index (χ1v) is 9.97. The summed E-state index contributed by atoms with van der Waals surface area (Å²) in [6.07, 6.45) is 6.90. The van der Waals surface area contributed by atoms with Gasteiger partial charge in [-0.2, -0.15) is 0 Å². The normalized spacial score (nSPS) is 20.5. The molecular formula is C23H32O4. The van der Waals surface area contributed by atoms with Crippen LogP contribution in [0.4, 0.5) is 0 Å². The molecule has 0 aliphatic carbocycles. The smallest absolute Gasteiger partial charge is 0.212 e. The summed E-state index contributed by atoms with van der Waals surface area (Å²) < 4.78 is 17.6. The van der Waals surface area contributed by atoms with Crippen LogP contribution in [0, 0.1) is 11.8 Å². The summed E-state index contributed by atoms with van der Waals surface area (Å²) >= 11 is 0. The molecule has 1 aliphatic rings. The highest BCUT2D eigenvalue weighted by Gasteiger charge is 2.47. The molecule has 1 aliphatic heterocycles. The Morgan fingerprint density at radius 1 is 1.22 bits per heavy atom. The van der Waals surface area contributed by atoms with Crippen LogP contribution in [0.1, 0.15) is 64.9 Å². The molecule has 0 N–H and O–H groups in total. The Morgan fingerprint density at radius 3 is 2.59 bits per heavy atom. The lowest BCUT2D eigenvalue weighted by molar-refractivity contribution is -0.172. The molecule has 1 aromatic carbocycles. The maximum atomic E-state index is 12.1. The van der Waals surface area contributed by atoms with Gasteiger partial charge in [-0.1, -0.05) is 74.8 Å². The van der Waals surface area contributed by atoms with Gasteiger partial charge in [0.25, 0.3) is 0 Å². The molecule has 0 bridgehead atoms. The van der Waals surface area contributed by atoms with Crippen LogP contribution in [-0.2, 0) is 25.6 Å². The number of rotatable bonds is 10. The van der Waals surface area contributed by atoms with Crippen molar-refractivity contribution >= 4 is 6.29 Å². The highest BCUT2D eigenvalue weighted by atomic mass is 16.8. The molecule has 1 aromatic rings. The van der Waals surface area contributed by atoms with Crippen LogP contribution in [0.25, 0.3) is 0 Å². The molecule has 2 atom stereocenters. The van der Waals surface area contributed by atoms with E-state index in [0.717, 1.165) is 31.1 Å². The van der Waals surface area contributed by atoms with Gasteiger partial charge in [0, 0.05) is 6.42 Å². The predicted molar refractivity (Wildman–Crippen MR) is 106 cm³/mol. The quantitative estimate of drug-likeness (QED) is 0.340. The van der Waals surface area contributed by atoms with Crippen molar-refractivity contribution in [2.45, 2.75) is 83.4 Å². The van der Waals surface area contributed by atoms with Crippen LogP contribution in [-0.4, -0.2) is 30.4 Å². The average Bonchev–Trinajstić information content (AvgIpc) is 3.05. The summed E-state index contributed by atoms with van der Waals surface area (Å²) in [6.45, 7) is 6.45. The minimum absolute atomic E-state index is 0.283. The first kappa shape index (κ1) is 21.6. The molecule has 27 heavy (non-hydrogen) atoms. The lowest BCUT2D eigenvalue weighted by atomic mass is 9.98. The fourth-order valence-electron chi connectivity index (χ4n) is 3.04. The highest BCUT2D eigenvalue weighted by Crippen LogP contribution is 2.31. The first-order valence-electron chi connectivity index (χ1n) is 9.97.